The molecule has 0 bridgehead atoms. The molecular weight excluding hydrogens is 222 g/mol. The van der Waals surface area contributed by atoms with Crippen molar-refractivity contribution in [2.24, 2.45) is 0 Å². The molecule has 0 saturated heterocycles. The van der Waals surface area contributed by atoms with Gasteiger partial charge in [0.1, 0.15) is 6.04 Å². The maximum atomic E-state index is 11.8. The van der Waals surface area contributed by atoms with E-state index in [1.54, 1.807) is 18.2 Å². The van der Waals surface area contributed by atoms with Gasteiger partial charge in [-0.3, -0.25) is 14.7 Å². The van der Waals surface area contributed by atoms with Crippen molar-refractivity contribution < 1.29 is 14.7 Å². The van der Waals surface area contributed by atoms with Crippen molar-refractivity contribution in [3.8, 4) is 0 Å². The number of fused-ring (bicyclic) bond motifs is 1. The van der Waals surface area contributed by atoms with E-state index in [2.05, 4.69) is 15.5 Å². The fourth-order valence-electron chi connectivity index (χ4n) is 1.46. The first kappa shape index (κ1) is 11.1. The van der Waals surface area contributed by atoms with Crippen LogP contribution in [0.3, 0.4) is 0 Å². The van der Waals surface area contributed by atoms with Crippen LogP contribution in [-0.4, -0.2) is 33.2 Å². The summed E-state index contributed by atoms with van der Waals surface area (Å²) in [6, 6.07) is 6.20. The van der Waals surface area contributed by atoms with Crippen molar-refractivity contribution in [2.75, 3.05) is 0 Å². The number of para-hydroxylation sites is 1. The molecule has 17 heavy (non-hydrogen) atoms. The van der Waals surface area contributed by atoms with Crippen LogP contribution in [0.2, 0.25) is 0 Å². The van der Waals surface area contributed by atoms with Gasteiger partial charge in [0.15, 0.2) is 5.69 Å². The molecule has 1 atom stereocenters. The van der Waals surface area contributed by atoms with Crippen molar-refractivity contribution in [1.29, 1.82) is 0 Å². The number of hydrogen-bond acceptors (Lipinski definition) is 3. The number of aromatic amines is 1. The molecule has 0 fully saturated rings. The molecule has 0 radical (unpaired) electrons. The van der Waals surface area contributed by atoms with Crippen LogP contribution >= 0.6 is 0 Å². The summed E-state index contributed by atoms with van der Waals surface area (Å²) in [5, 5.41) is 18.3. The van der Waals surface area contributed by atoms with Crippen molar-refractivity contribution in [2.45, 2.75) is 13.0 Å². The molecule has 6 nitrogen and oxygen atoms in total. The second-order valence-electron chi connectivity index (χ2n) is 3.65. The SMILES string of the molecule is CC(NC(=O)c1n[nH]c2ccccc12)C(=O)O. The van der Waals surface area contributed by atoms with Crippen LogP contribution < -0.4 is 5.32 Å². The van der Waals surface area contributed by atoms with Crippen LogP contribution in [0.5, 0.6) is 0 Å². The van der Waals surface area contributed by atoms with Gasteiger partial charge in [0.25, 0.3) is 5.91 Å². The fraction of sp³-hybridized carbons (Fsp3) is 0.182. The molecular formula is C11H11N3O3. The minimum atomic E-state index is -1.09. The molecule has 3 N–H and O–H groups in total. The Morgan fingerprint density at radius 2 is 2.12 bits per heavy atom. The van der Waals surface area contributed by atoms with Crippen molar-refractivity contribution in [1.82, 2.24) is 15.5 Å². The highest BCUT2D eigenvalue weighted by atomic mass is 16.4. The lowest BCUT2D eigenvalue weighted by Gasteiger charge is -2.07. The Morgan fingerprint density at radius 3 is 2.82 bits per heavy atom. The first-order valence-corrected chi connectivity index (χ1v) is 5.06. The number of hydrogen-bond donors (Lipinski definition) is 3. The van der Waals surface area contributed by atoms with Gasteiger partial charge in [-0.15, -0.1) is 0 Å². The highest BCUT2D eigenvalue weighted by molar-refractivity contribution is 6.05. The molecule has 0 aliphatic carbocycles. The van der Waals surface area contributed by atoms with Gasteiger partial charge >= 0.3 is 5.97 Å². The average molecular weight is 233 g/mol. The molecule has 0 saturated carbocycles. The van der Waals surface area contributed by atoms with E-state index in [1.807, 2.05) is 6.07 Å². The van der Waals surface area contributed by atoms with Crippen molar-refractivity contribution >= 4 is 22.8 Å². The molecule has 0 spiro atoms. The number of nitrogens with one attached hydrogen (secondary N) is 2. The molecule has 1 unspecified atom stereocenters. The average Bonchev–Trinajstić information content (AvgIpc) is 2.72. The summed E-state index contributed by atoms with van der Waals surface area (Å²) in [7, 11) is 0. The number of aliphatic carboxylic acids is 1. The van der Waals surface area contributed by atoms with Gasteiger partial charge in [-0.05, 0) is 13.0 Å². The second kappa shape index (κ2) is 4.25. The van der Waals surface area contributed by atoms with E-state index in [0.29, 0.717) is 5.39 Å². The quantitative estimate of drug-likeness (QED) is 0.729. The summed E-state index contributed by atoms with van der Waals surface area (Å²) >= 11 is 0. The predicted molar refractivity (Wildman–Crippen MR) is 60.7 cm³/mol. The third kappa shape index (κ3) is 2.10. The lowest BCUT2D eigenvalue weighted by molar-refractivity contribution is -0.138. The zero-order valence-corrected chi connectivity index (χ0v) is 9.10. The van der Waals surface area contributed by atoms with Gasteiger partial charge in [-0.2, -0.15) is 5.10 Å². The van der Waals surface area contributed by atoms with Crippen LogP contribution in [-0.2, 0) is 4.79 Å². The summed E-state index contributed by atoms with van der Waals surface area (Å²) in [5.41, 5.74) is 0.939. The summed E-state index contributed by atoms with van der Waals surface area (Å²) in [4.78, 5) is 22.4. The lowest BCUT2D eigenvalue weighted by Crippen LogP contribution is -2.38. The summed E-state index contributed by atoms with van der Waals surface area (Å²) < 4.78 is 0. The third-order valence-corrected chi connectivity index (χ3v) is 2.40. The molecule has 0 aliphatic heterocycles. The number of carboxylic acids is 1. The van der Waals surface area contributed by atoms with Crippen molar-refractivity contribution in [3.63, 3.8) is 0 Å². The maximum absolute atomic E-state index is 11.8. The summed E-state index contributed by atoms with van der Waals surface area (Å²) in [6.45, 7) is 1.40. The number of H-pyrrole nitrogens is 1. The van der Waals surface area contributed by atoms with Crippen LogP contribution in [0.1, 0.15) is 17.4 Å². The number of nitrogens with zero attached hydrogens (tertiary/aromatic N) is 1. The Hall–Kier alpha value is -2.37. The third-order valence-electron chi connectivity index (χ3n) is 2.40. The molecule has 1 heterocycles. The molecule has 2 aromatic rings. The molecule has 88 valence electrons. The number of carboxylic acid groups (broad SMARTS) is 1. The van der Waals surface area contributed by atoms with Gasteiger partial charge in [-0.1, -0.05) is 18.2 Å². The first-order valence-electron chi connectivity index (χ1n) is 5.06. The van der Waals surface area contributed by atoms with E-state index >= 15 is 0 Å². The van der Waals surface area contributed by atoms with Crippen molar-refractivity contribution in [3.05, 3.63) is 30.0 Å². The Kier molecular flexibility index (Phi) is 2.78. The Labute approximate surface area is 96.6 Å². The number of carbonyl (C=O) groups is 2. The van der Waals surface area contributed by atoms with Crippen LogP contribution in [0.25, 0.3) is 10.9 Å². The largest absolute Gasteiger partial charge is 0.480 e. The van der Waals surface area contributed by atoms with Crippen LogP contribution in [0.4, 0.5) is 0 Å². The molecule has 0 aliphatic rings. The molecule has 1 amide bonds. The van der Waals surface area contributed by atoms with Crippen LogP contribution in [0, 0.1) is 0 Å². The Balaban J connectivity index is 2.28. The topological polar surface area (TPSA) is 95.1 Å². The van der Waals surface area contributed by atoms with Gasteiger partial charge in [0, 0.05) is 5.39 Å². The molecule has 1 aromatic carbocycles. The predicted octanol–water partition coefficient (Wildman–Crippen LogP) is 0.766. The van der Waals surface area contributed by atoms with E-state index in [-0.39, 0.29) is 5.69 Å². The number of benzene rings is 1. The normalized spacial score (nSPS) is 12.3. The van der Waals surface area contributed by atoms with E-state index in [1.165, 1.54) is 6.92 Å². The zero-order chi connectivity index (χ0) is 12.4. The number of aromatic nitrogens is 2. The molecule has 1 aromatic heterocycles. The van der Waals surface area contributed by atoms with E-state index < -0.39 is 17.9 Å². The van der Waals surface area contributed by atoms with Gasteiger partial charge < -0.3 is 10.4 Å². The molecule has 2 rings (SSSR count). The highest BCUT2D eigenvalue weighted by Gasteiger charge is 2.18. The van der Waals surface area contributed by atoms with E-state index in [4.69, 9.17) is 5.11 Å². The summed E-state index contributed by atoms with van der Waals surface area (Å²) in [5.74, 6) is -1.59. The number of rotatable bonds is 3. The zero-order valence-electron chi connectivity index (χ0n) is 9.10. The van der Waals surface area contributed by atoms with Crippen LogP contribution in [0.15, 0.2) is 24.3 Å². The molecule has 6 heteroatoms. The smallest absolute Gasteiger partial charge is 0.325 e. The summed E-state index contributed by atoms with van der Waals surface area (Å²) in [6.07, 6.45) is 0. The Bertz CT molecular complexity index is 576. The van der Waals surface area contributed by atoms with Gasteiger partial charge in [0.2, 0.25) is 0 Å². The van der Waals surface area contributed by atoms with Gasteiger partial charge in [-0.25, -0.2) is 0 Å². The number of carbonyl (C=O) groups excluding carboxylic acids is 1. The standard InChI is InChI=1S/C11H11N3O3/c1-6(11(16)17)12-10(15)9-7-4-2-3-5-8(7)13-14-9/h2-6H,1H3,(H,12,15)(H,13,14)(H,16,17). The highest BCUT2D eigenvalue weighted by Crippen LogP contribution is 2.14. The number of amides is 1. The Morgan fingerprint density at radius 1 is 1.41 bits per heavy atom. The maximum Gasteiger partial charge on any atom is 0.325 e. The second-order valence-corrected chi connectivity index (χ2v) is 3.65. The monoisotopic (exact) mass is 233 g/mol. The van der Waals surface area contributed by atoms with E-state index in [9.17, 15) is 9.59 Å². The minimum absolute atomic E-state index is 0.203. The van der Waals surface area contributed by atoms with Gasteiger partial charge in [0.05, 0.1) is 5.52 Å². The lowest BCUT2D eigenvalue weighted by atomic mass is 10.2. The van der Waals surface area contributed by atoms with E-state index in [0.717, 1.165) is 5.52 Å². The fourth-order valence-corrected chi connectivity index (χ4v) is 1.46. The minimum Gasteiger partial charge on any atom is -0.480 e. The first-order chi connectivity index (χ1) is 8.09.